The molecule has 0 heterocycles. The number of nitrogens with zero attached hydrogens (tertiary/aromatic N) is 1. The number of benzene rings is 1. The lowest BCUT2D eigenvalue weighted by Crippen LogP contribution is -2.50. The lowest BCUT2D eigenvalue weighted by molar-refractivity contribution is -0.134. The molecule has 0 spiro atoms. The van der Waals surface area contributed by atoms with Crippen molar-refractivity contribution in [1.29, 1.82) is 0 Å². The summed E-state index contributed by atoms with van der Waals surface area (Å²) in [6.45, 7) is 4.57. The predicted octanol–water partition coefficient (Wildman–Crippen LogP) is 2.30. The average molecular weight is 285 g/mol. The summed E-state index contributed by atoms with van der Waals surface area (Å²) in [5.74, 6) is 0.705. The second-order valence-corrected chi connectivity index (χ2v) is 5.54. The maximum atomic E-state index is 11.8. The van der Waals surface area contributed by atoms with Gasteiger partial charge in [0.15, 0.2) is 0 Å². The maximum Gasteiger partial charge on any atom is 0.241 e. The van der Waals surface area contributed by atoms with Crippen molar-refractivity contribution in [2.75, 3.05) is 20.2 Å². The molecule has 2 N–H and O–H groups in total. The number of hydrogen-bond donors (Lipinski definition) is 1. The van der Waals surface area contributed by atoms with Gasteiger partial charge in [-0.25, -0.2) is 0 Å². The number of carbonyl (C=O) groups is 1. The number of ether oxygens (including phenoxy) is 1. The van der Waals surface area contributed by atoms with Crippen LogP contribution >= 0.6 is 11.6 Å². The van der Waals surface area contributed by atoms with E-state index < -0.39 is 5.54 Å². The van der Waals surface area contributed by atoms with Crippen molar-refractivity contribution in [3.63, 3.8) is 0 Å². The number of amides is 1. The zero-order valence-corrected chi connectivity index (χ0v) is 12.4. The molecule has 0 bridgehead atoms. The van der Waals surface area contributed by atoms with Gasteiger partial charge in [-0.05, 0) is 44.5 Å². The third kappa shape index (κ3) is 5.49. The maximum absolute atomic E-state index is 11.8. The highest BCUT2D eigenvalue weighted by atomic mass is 35.5. The third-order valence-electron chi connectivity index (χ3n) is 2.62. The standard InChI is InChI=1S/C14H21ClN2O2/c1-14(2,16)13(18)17(3)9-4-10-19-12-7-5-11(15)6-8-12/h5-8H,4,9-10,16H2,1-3H3. The number of carbonyl (C=O) groups excluding carboxylic acids is 1. The second kappa shape index (κ2) is 6.78. The van der Waals surface area contributed by atoms with E-state index in [0.29, 0.717) is 18.2 Å². The zero-order valence-electron chi connectivity index (χ0n) is 11.6. The summed E-state index contributed by atoms with van der Waals surface area (Å²) in [5.41, 5.74) is 4.93. The van der Waals surface area contributed by atoms with E-state index in [2.05, 4.69) is 0 Å². The lowest BCUT2D eigenvalue weighted by Gasteiger charge is -2.25. The van der Waals surface area contributed by atoms with Crippen LogP contribution in [0.15, 0.2) is 24.3 Å². The Hall–Kier alpha value is -1.26. The number of likely N-dealkylation sites (N-methyl/N-ethyl adjacent to an activating group) is 1. The minimum atomic E-state index is -0.828. The smallest absolute Gasteiger partial charge is 0.241 e. The number of halogens is 1. The van der Waals surface area contributed by atoms with Gasteiger partial charge in [0.2, 0.25) is 5.91 Å². The number of nitrogens with two attached hydrogens (primary N) is 1. The molecular formula is C14H21ClN2O2. The molecule has 19 heavy (non-hydrogen) atoms. The summed E-state index contributed by atoms with van der Waals surface area (Å²) in [7, 11) is 1.75. The average Bonchev–Trinajstić information content (AvgIpc) is 2.34. The highest BCUT2D eigenvalue weighted by molar-refractivity contribution is 6.30. The van der Waals surface area contributed by atoms with Crippen LogP contribution in [0.5, 0.6) is 5.75 Å². The van der Waals surface area contributed by atoms with Gasteiger partial charge in [-0.3, -0.25) is 4.79 Å². The Balaban J connectivity index is 2.27. The van der Waals surface area contributed by atoms with Crippen LogP contribution in [0, 0.1) is 0 Å². The SMILES string of the molecule is CN(CCCOc1ccc(Cl)cc1)C(=O)C(C)(C)N. The summed E-state index contributed by atoms with van der Waals surface area (Å²) in [4.78, 5) is 13.4. The van der Waals surface area contributed by atoms with Crippen LogP contribution in [0.2, 0.25) is 5.02 Å². The first-order valence-corrected chi connectivity index (χ1v) is 6.61. The summed E-state index contributed by atoms with van der Waals surface area (Å²) >= 11 is 5.78. The molecule has 0 fully saturated rings. The molecule has 1 rings (SSSR count). The van der Waals surface area contributed by atoms with E-state index in [1.54, 1.807) is 37.9 Å². The van der Waals surface area contributed by atoms with Gasteiger partial charge >= 0.3 is 0 Å². The van der Waals surface area contributed by atoms with Crippen LogP contribution in [0.25, 0.3) is 0 Å². The van der Waals surface area contributed by atoms with Crippen LogP contribution in [0.3, 0.4) is 0 Å². The van der Waals surface area contributed by atoms with Gasteiger partial charge < -0.3 is 15.4 Å². The predicted molar refractivity (Wildman–Crippen MR) is 77.5 cm³/mol. The van der Waals surface area contributed by atoms with E-state index in [0.717, 1.165) is 12.2 Å². The van der Waals surface area contributed by atoms with Crippen molar-refractivity contribution in [2.45, 2.75) is 25.8 Å². The molecule has 0 atom stereocenters. The van der Waals surface area contributed by atoms with Gasteiger partial charge in [0, 0.05) is 18.6 Å². The molecule has 1 aromatic carbocycles. The summed E-state index contributed by atoms with van der Waals surface area (Å²) in [5, 5.41) is 0.683. The van der Waals surface area contributed by atoms with Gasteiger partial charge in [0.05, 0.1) is 12.1 Å². The Bertz CT molecular complexity index is 412. The van der Waals surface area contributed by atoms with Gasteiger partial charge in [0.25, 0.3) is 0 Å². The molecule has 0 aliphatic rings. The molecule has 0 saturated carbocycles. The van der Waals surface area contributed by atoms with Crippen LogP contribution < -0.4 is 10.5 Å². The first-order valence-electron chi connectivity index (χ1n) is 6.23. The van der Waals surface area contributed by atoms with E-state index in [-0.39, 0.29) is 5.91 Å². The quantitative estimate of drug-likeness (QED) is 0.816. The summed E-state index contributed by atoms with van der Waals surface area (Å²) in [6.07, 6.45) is 0.751. The molecule has 0 unspecified atom stereocenters. The molecule has 1 amide bonds. The lowest BCUT2D eigenvalue weighted by atomic mass is 10.1. The zero-order chi connectivity index (χ0) is 14.5. The Labute approximate surface area is 119 Å². The monoisotopic (exact) mass is 284 g/mol. The first kappa shape index (κ1) is 15.8. The first-order chi connectivity index (χ1) is 8.80. The van der Waals surface area contributed by atoms with Crippen molar-refractivity contribution < 1.29 is 9.53 Å². The van der Waals surface area contributed by atoms with E-state index >= 15 is 0 Å². The highest BCUT2D eigenvalue weighted by Crippen LogP contribution is 2.15. The van der Waals surface area contributed by atoms with Crippen molar-refractivity contribution in [3.05, 3.63) is 29.3 Å². The van der Waals surface area contributed by atoms with E-state index in [4.69, 9.17) is 22.1 Å². The number of rotatable bonds is 6. The van der Waals surface area contributed by atoms with Gasteiger partial charge in [-0.15, -0.1) is 0 Å². The molecule has 0 saturated heterocycles. The molecule has 0 aliphatic carbocycles. The third-order valence-corrected chi connectivity index (χ3v) is 2.87. The minimum Gasteiger partial charge on any atom is -0.494 e. The Kier molecular flexibility index (Phi) is 5.63. The fraction of sp³-hybridized carbons (Fsp3) is 0.500. The van der Waals surface area contributed by atoms with Gasteiger partial charge in [-0.1, -0.05) is 11.6 Å². The Morgan fingerprint density at radius 3 is 2.47 bits per heavy atom. The normalized spacial score (nSPS) is 11.2. The van der Waals surface area contributed by atoms with Crippen molar-refractivity contribution >= 4 is 17.5 Å². The number of hydrogen-bond acceptors (Lipinski definition) is 3. The highest BCUT2D eigenvalue weighted by Gasteiger charge is 2.24. The van der Waals surface area contributed by atoms with Crippen molar-refractivity contribution in [3.8, 4) is 5.75 Å². The molecule has 5 heteroatoms. The summed E-state index contributed by atoms with van der Waals surface area (Å²) < 4.78 is 5.55. The van der Waals surface area contributed by atoms with Crippen LogP contribution in [-0.4, -0.2) is 36.5 Å². The second-order valence-electron chi connectivity index (χ2n) is 5.10. The van der Waals surface area contributed by atoms with Crippen LogP contribution in [0.4, 0.5) is 0 Å². The minimum absolute atomic E-state index is 0.0704. The molecule has 0 radical (unpaired) electrons. The topological polar surface area (TPSA) is 55.6 Å². The van der Waals surface area contributed by atoms with Crippen LogP contribution in [-0.2, 0) is 4.79 Å². The van der Waals surface area contributed by atoms with Crippen molar-refractivity contribution in [1.82, 2.24) is 4.90 Å². The van der Waals surface area contributed by atoms with Gasteiger partial charge in [0.1, 0.15) is 5.75 Å². The largest absolute Gasteiger partial charge is 0.494 e. The van der Waals surface area contributed by atoms with E-state index in [1.165, 1.54) is 0 Å². The fourth-order valence-corrected chi connectivity index (χ4v) is 1.74. The fourth-order valence-electron chi connectivity index (χ4n) is 1.62. The van der Waals surface area contributed by atoms with Gasteiger partial charge in [-0.2, -0.15) is 0 Å². The summed E-state index contributed by atoms with van der Waals surface area (Å²) in [6, 6.07) is 7.20. The molecule has 4 nitrogen and oxygen atoms in total. The van der Waals surface area contributed by atoms with Crippen molar-refractivity contribution in [2.24, 2.45) is 5.73 Å². The van der Waals surface area contributed by atoms with E-state index in [9.17, 15) is 4.79 Å². The molecule has 1 aromatic rings. The Morgan fingerprint density at radius 2 is 1.95 bits per heavy atom. The molecule has 0 aromatic heterocycles. The molecular weight excluding hydrogens is 264 g/mol. The van der Waals surface area contributed by atoms with E-state index in [1.807, 2.05) is 12.1 Å². The Morgan fingerprint density at radius 1 is 1.37 bits per heavy atom. The molecule has 0 aliphatic heterocycles. The molecule has 106 valence electrons. The van der Waals surface area contributed by atoms with Crippen LogP contribution in [0.1, 0.15) is 20.3 Å².